The highest BCUT2D eigenvalue weighted by Crippen LogP contribution is 2.31. The fourth-order valence-corrected chi connectivity index (χ4v) is 4.70. The van der Waals surface area contributed by atoms with E-state index in [0.29, 0.717) is 22.8 Å². The average Bonchev–Trinajstić information content (AvgIpc) is 3.26. The second-order valence-corrected chi connectivity index (χ2v) is 8.68. The van der Waals surface area contributed by atoms with Gasteiger partial charge in [-0.05, 0) is 23.8 Å². The number of amides is 2. The number of hydrogen-bond donors (Lipinski definition) is 2. The molecule has 0 fully saturated rings. The Balaban J connectivity index is 1.25. The normalized spacial score (nSPS) is 14.5. The Morgan fingerprint density at radius 2 is 1.59 bits per heavy atom. The third kappa shape index (κ3) is 4.72. The molecule has 4 aromatic rings. The van der Waals surface area contributed by atoms with E-state index in [9.17, 15) is 9.59 Å². The summed E-state index contributed by atoms with van der Waals surface area (Å²) in [5.41, 5.74) is 7.49. The Kier molecular flexibility index (Phi) is 6.40. The van der Waals surface area contributed by atoms with Crippen LogP contribution >= 0.6 is 11.8 Å². The second-order valence-electron chi connectivity index (χ2n) is 7.69. The molecular weight excluding hydrogens is 452 g/mol. The molecule has 7 nitrogen and oxygen atoms in total. The lowest BCUT2D eigenvalue weighted by atomic mass is 10.1. The van der Waals surface area contributed by atoms with Crippen LogP contribution in [0.1, 0.15) is 21.7 Å². The molecule has 0 spiro atoms. The van der Waals surface area contributed by atoms with Crippen LogP contribution in [0.4, 0.5) is 0 Å². The standard InChI is InChI=1S/C26H22N2O5S/c29-25(23-14-31-21-12-6-7-13-22(21)32-23)27-28-26(30)24-19(18-10-4-5-11-20(18)33-24)16-34-15-17-8-2-1-3-9-17/h1-13,23H,14-16H2,(H,27,29)(H,28,30). The number of thioether (sulfide) groups is 1. The number of hydrogen-bond acceptors (Lipinski definition) is 6. The van der Waals surface area contributed by atoms with Gasteiger partial charge in [0.15, 0.2) is 17.3 Å². The van der Waals surface area contributed by atoms with Gasteiger partial charge in [-0.2, -0.15) is 11.8 Å². The summed E-state index contributed by atoms with van der Waals surface area (Å²) in [7, 11) is 0. The van der Waals surface area contributed by atoms with Crippen molar-refractivity contribution in [1.82, 2.24) is 10.9 Å². The zero-order chi connectivity index (χ0) is 23.3. The molecule has 2 amide bonds. The van der Waals surface area contributed by atoms with Gasteiger partial charge >= 0.3 is 5.91 Å². The monoisotopic (exact) mass is 474 g/mol. The molecule has 3 aromatic carbocycles. The number of carbonyl (C=O) groups is 2. The first-order chi connectivity index (χ1) is 16.7. The Labute approximate surface area is 200 Å². The summed E-state index contributed by atoms with van der Waals surface area (Å²) in [5, 5.41) is 0.875. The van der Waals surface area contributed by atoms with Gasteiger partial charge in [-0.15, -0.1) is 0 Å². The number of para-hydroxylation sites is 3. The SMILES string of the molecule is O=C(NNC(=O)C1COc2ccccc2O1)c1oc2ccccc2c1CSCc1ccccc1. The smallest absolute Gasteiger partial charge is 0.305 e. The Bertz CT molecular complexity index is 1320. The zero-order valence-electron chi connectivity index (χ0n) is 18.2. The number of rotatable bonds is 6. The average molecular weight is 475 g/mol. The lowest BCUT2D eigenvalue weighted by Crippen LogP contribution is -2.50. The van der Waals surface area contributed by atoms with E-state index in [2.05, 4.69) is 23.0 Å². The van der Waals surface area contributed by atoms with Gasteiger partial charge in [0.1, 0.15) is 12.2 Å². The van der Waals surface area contributed by atoms with Crippen LogP contribution in [0.25, 0.3) is 11.0 Å². The van der Waals surface area contributed by atoms with Crippen molar-refractivity contribution in [3.05, 3.63) is 95.7 Å². The molecule has 0 saturated heterocycles. The summed E-state index contributed by atoms with van der Waals surface area (Å²) < 4.78 is 17.1. The molecule has 0 radical (unpaired) electrons. The van der Waals surface area contributed by atoms with Crippen LogP contribution in [0.2, 0.25) is 0 Å². The fourth-order valence-electron chi connectivity index (χ4n) is 3.68. The minimum Gasteiger partial charge on any atom is -0.485 e. The molecule has 0 bridgehead atoms. The Hall–Kier alpha value is -3.91. The molecule has 5 rings (SSSR count). The summed E-state index contributed by atoms with van der Waals surface area (Å²) in [5.74, 6) is 1.58. The maximum absolute atomic E-state index is 13.0. The fraction of sp³-hybridized carbons (Fsp3) is 0.154. The van der Waals surface area contributed by atoms with Gasteiger partial charge in [0.05, 0.1) is 0 Å². The molecular formula is C26H22N2O5S. The molecule has 0 saturated carbocycles. The van der Waals surface area contributed by atoms with Crippen LogP contribution in [0, 0.1) is 0 Å². The summed E-state index contributed by atoms with van der Waals surface area (Å²) in [6, 6.07) is 24.8. The van der Waals surface area contributed by atoms with Crippen molar-refractivity contribution in [2.45, 2.75) is 17.6 Å². The van der Waals surface area contributed by atoms with Gasteiger partial charge in [-0.25, -0.2) is 0 Å². The van der Waals surface area contributed by atoms with E-state index in [1.54, 1.807) is 30.0 Å². The largest absolute Gasteiger partial charge is 0.485 e. The molecule has 1 atom stereocenters. The predicted octanol–water partition coefficient (Wildman–Crippen LogP) is 4.47. The summed E-state index contributed by atoms with van der Waals surface area (Å²) in [6.07, 6.45) is -0.883. The Morgan fingerprint density at radius 3 is 2.44 bits per heavy atom. The van der Waals surface area contributed by atoms with Gasteiger partial charge < -0.3 is 13.9 Å². The van der Waals surface area contributed by atoms with E-state index in [1.807, 2.05) is 48.5 Å². The minimum absolute atomic E-state index is 0.0464. The third-order valence-corrected chi connectivity index (χ3v) is 6.39. The zero-order valence-corrected chi connectivity index (χ0v) is 19.0. The van der Waals surface area contributed by atoms with Crippen LogP contribution in [0.5, 0.6) is 11.5 Å². The Morgan fingerprint density at radius 1 is 0.853 bits per heavy atom. The summed E-state index contributed by atoms with van der Waals surface area (Å²) in [4.78, 5) is 25.5. The lowest BCUT2D eigenvalue weighted by Gasteiger charge is -2.25. The highest BCUT2D eigenvalue weighted by molar-refractivity contribution is 7.97. The quantitative estimate of drug-likeness (QED) is 0.401. The van der Waals surface area contributed by atoms with Gasteiger partial charge in [-0.1, -0.05) is 60.7 Å². The van der Waals surface area contributed by atoms with Crippen LogP contribution in [-0.4, -0.2) is 24.5 Å². The molecule has 1 aromatic heterocycles. The van der Waals surface area contributed by atoms with Crippen molar-refractivity contribution >= 4 is 34.5 Å². The molecule has 2 N–H and O–H groups in total. The van der Waals surface area contributed by atoms with Crippen molar-refractivity contribution < 1.29 is 23.5 Å². The predicted molar refractivity (Wildman–Crippen MR) is 130 cm³/mol. The van der Waals surface area contributed by atoms with Gasteiger partial charge in [0.25, 0.3) is 5.91 Å². The molecule has 2 heterocycles. The van der Waals surface area contributed by atoms with Crippen molar-refractivity contribution in [2.24, 2.45) is 0 Å². The number of fused-ring (bicyclic) bond motifs is 2. The summed E-state index contributed by atoms with van der Waals surface area (Å²) >= 11 is 1.69. The lowest BCUT2D eigenvalue weighted by molar-refractivity contribution is -0.131. The van der Waals surface area contributed by atoms with E-state index in [4.69, 9.17) is 13.9 Å². The van der Waals surface area contributed by atoms with Gasteiger partial charge in [-0.3, -0.25) is 20.4 Å². The number of ether oxygens (including phenoxy) is 2. The minimum atomic E-state index is -0.883. The number of carbonyl (C=O) groups excluding carboxylic acids is 2. The first kappa shape index (κ1) is 21.9. The van der Waals surface area contributed by atoms with E-state index >= 15 is 0 Å². The molecule has 8 heteroatoms. The van der Waals surface area contributed by atoms with E-state index in [0.717, 1.165) is 16.7 Å². The van der Waals surface area contributed by atoms with Gasteiger partial charge in [0.2, 0.25) is 6.10 Å². The highest BCUT2D eigenvalue weighted by atomic mass is 32.2. The number of furan rings is 1. The maximum atomic E-state index is 13.0. The summed E-state index contributed by atoms with van der Waals surface area (Å²) in [6.45, 7) is 0.0464. The number of hydrazine groups is 1. The second kappa shape index (κ2) is 9.93. The molecule has 172 valence electrons. The van der Waals surface area contributed by atoms with Crippen LogP contribution in [-0.2, 0) is 16.3 Å². The maximum Gasteiger partial charge on any atom is 0.305 e. The van der Waals surface area contributed by atoms with Crippen molar-refractivity contribution in [3.63, 3.8) is 0 Å². The van der Waals surface area contributed by atoms with Crippen molar-refractivity contribution in [2.75, 3.05) is 6.61 Å². The topological polar surface area (TPSA) is 89.8 Å². The van der Waals surface area contributed by atoms with E-state index in [-0.39, 0.29) is 12.4 Å². The first-order valence-corrected chi connectivity index (χ1v) is 12.0. The third-order valence-electron chi connectivity index (χ3n) is 5.36. The van der Waals surface area contributed by atoms with Crippen LogP contribution in [0.3, 0.4) is 0 Å². The van der Waals surface area contributed by atoms with E-state index < -0.39 is 17.9 Å². The molecule has 1 unspecified atom stereocenters. The first-order valence-electron chi connectivity index (χ1n) is 10.8. The van der Waals surface area contributed by atoms with Crippen LogP contribution < -0.4 is 20.3 Å². The molecule has 1 aliphatic rings. The van der Waals surface area contributed by atoms with Crippen molar-refractivity contribution in [3.8, 4) is 11.5 Å². The van der Waals surface area contributed by atoms with E-state index in [1.165, 1.54) is 5.56 Å². The van der Waals surface area contributed by atoms with Crippen molar-refractivity contribution in [1.29, 1.82) is 0 Å². The highest BCUT2D eigenvalue weighted by Gasteiger charge is 2.28. The number of benzene rings is 3. The number of nitrogens with one attached hydrogen (secondary N) is 2. The molecule has 0 aliphatic carbocycles. The van der Waals surface area contributed by atoms with Crippen LogP contribution in [0.15, 0.2) is 83.3 Å². The van der Waals surface area contributed by atoms with Gasteiger partial charge in [0, 0.05) is 22.5 Å². The molecule has 34 heavy (non-hydrogen) atoms. The molecule has 1 aliphatic heterocycles.